The molecule has 0 saturated heterocycles. The van der Waals surface area contributed by atoms with Gasteiger partial charge in [-0.05, 0) is 33.1 Å². The van der Waals surface area contributed by atoms with Gasteiger partial charge in [0, 0.05) is 0 Å². The zero-order valence-electron chi connectivity index (χ0n) is 12.2. The quantitative estimate of drug-likeness (QED) is 0.426. The molecule has 0 aliphatic heterocycles. The number of ether oxygens (including phenoxy) is 2. The lowest BCUT2D eigenvalue weighted by Crippen LogP contribution is -2.43. The number of carbonyl (C=O) groups is 2. The molecular weight excluding hydrogens is 256 g/mol. The van der Waals surface area contributed by atoms with Crippen LogP contribution in [-0.2, 0) is 19.1 Å². The van der Waals surface area contributed by atoms with Crippen LogP contribution >= 0.6 is 0 Å². The molecule has 0 spiro atoms. The van der Waals surface area contributed by atoms with Crippen LogP contribution in [0.25, 0.3) is 0 Å². The predicted octanol–water partition coefficient (Wildman–Crippen LogP) is 2.95. The first-order valence-corrected chi connectivity index (χ1v) is 6.91. The molecule has 0 amide bonds. The van der Waals surface area contributed by atoms with E-state index >= 15 is 0 Å². The van der Waals surface area contributed by atoms with Crippen molar-refractivity contribution in [3.63, 3.8) is 0 Å². The average Bonchev–Trinajstić information content (AvgIpc) is 2.45. The average molecular weight is 278 g/mol. The molecule has 0 heterocycles. The summed E-state index contributed by atoms with van der Waals surface area (Å²) in [5.74, 6) is -1.01. The van der Waals surface area contributed by atoms with Crippen molar-refractivity contribution in [2.45, 2.75) is 33.1 Å². The lowest BCUT2D eigenvalue weighted by molar-refractivity contribution is -0.172. The Kier molecular flexibility index (Phi) is 6.22. The second-order valence-electron chi connectivity index (χ2n) is 4.61. The number of hydrogen-bond donors (Lipinski definition) is 0. The number of allylic oxidation sites excluding steroid dienone is 5. The normalized spacial score (nSPS) is 18.6. The van der Waals surface area contributed by atoms with Crippen LogP contribution in [0.5, 0.6) is 0 Å². The molecule has 0 atom stereocenters. The largest absolute Gasteiger partial charge is 0.465 e. The molecule has 0 unspecified atom stereocenters. The fourth-order valence-electron chi connectivity index (χ4n) is 2.20. The maximum absolute atomic E-state index is 12.3. The zero-order valence-corrected chi connectivity index (χ0v) is 12.2. The van der Waals surface area contributed by atoms with Crippen LogP contribution in [0.4, 0.5) is 0 Å². The van der Waals surface area contributed by atoms with Crippen molar-refractivity contribution >= 4 is 11.9 Å². The van der Waals surface area contributed by atoms with Crippen LogP contribution in [0.3, 0.4) is 0 Å². The molecule has 20 heavy (non-hydrogen) atoms. The molecule has 1 aliphatic rings. The van der Waals surface area contributed by atoms with E-state index in [1.165, 1.54) is 0 Å². The highest BCUT2D eigenvalue weighted by atomic mass is 16.6. The second kappa shape index (κ2) is 7.68. The Hall–Kier alpha value is -1.84. The van der Waals surface area contributed by atoms with Gasteiger partial charge in [-0.1, -0.05) is 29.9 Å². The summed E-state index contributed by atoms with van der Waals surface area (Å²) in [6, 6.07) is 0. The van der Waals surface area contributed by atoms with E-state index in [9.17, 15) is 9.59 Å². The Bertz CT molecular complexity index is 414. The van der Waals surface area contributed by atoms with Crippen LogP contribution in [0.2, 0.25) is 0 Å². The van der Waals surface area contributed by atoms with Crippen molar-refractivity contribution in [3.8, 4) is 0 Å². The summed E-state index contributed by atoms with van der Waals surface area (Å²) >= 11 is 0. The lowest BCUT2D eigenvalue weighted by Gasteiger charge is -2.31. The molecule has 0 aromatic rings. The van der Waals surface area contributed by atoms with E-state index in [0.29, 0.717) is 19.3 Å². The van der Waals surface area contributed by atoms with Gasteiger partial charge < -0.3 is 9.47 Å². The van der Waals surface area contributed by atoms with Crippen LogP contribution < -0.4 is 0 Å². The number of hydrogen-bond acceptors (Lipinski definition) is 4. The SMILES string of the molecule is C=CC/C=C1\C=CCC(C(=O)OCC)(C(=O)OCC)C1. The third kappa shape index (κ3) is 3.59. The summed E-state index contributed by atoms with van der Waals surface area (Å²) in [5, 5.41) is 0. The van der Waals surface area contributed by atoms with E-state index < -0.39 is 17.4 Å². The van der Waals surface area contributed by atoms with Gasteiger partial charge in [0.15, 0.2) is 5.41 Å². The van der Waals surface area contributed by atoms with Gasteiger partial charge in [-0.2, -0.15) is 0 Å². The van der Waals surface area contributed by atoms with Gasteiger partial charge >= 0.3 is 11.9 Å². The van der Waals surface area contributed by atoms with Gasteiger partial charge in [-0.25, -0.2) is 0 Å². The third-order valence-electron chi connectivity index (χ3n) is 3.18. The molecule has 0 aromatic carbocycles. The summed E-state index contributed by atoms with van der Waals surface area (Å²) in [6.45, 7) is 7.60. The maximum Gasteiger partial charge on any atom is 0.324 e. The van der Waals surface area contributed by atoms with E-state index in [0.717, 1.165) is 5.57 Å². The monoisotopic (exact) mass is 278 g/mol. The highest BCUT2D eigenvalue weighted by Crippen LogP contribution is 2.38. The van der Waals surface area contributed by atoms with Crippen molar-refractivity contribution in [1.29, 1.82) is 0 Å². The first-order valence-electron chi connectivity index (χ1n) is 6.91. The van der Waals surface area contributed by atoms with Crippen molar-refractivity contribution in [2.75, 3.05) is 13.2 Å². The van der Waals surface area contributed by atoms with Gasteiger partial charge in [0.1, 0.15) is 0 Å². The van der Waals surface area contributed by atoms with Gasteiger partial charge in [-0.3, -0.25) is 9.59 Å². The smallest absolute Gasteiger partial charge is 0.324 e. The Morgan fingerprint density at radius 2 is 1.90 bits per heavy atom. The topological polar surface area (TPSA) is 52.6 Å². The van der Waals surface area contributed by atoms with Gasteiger partial charge in [0.05, 0.1) is 13.2 Å². The molecule has 0 N–H and O–H groups in total. The van der Waals surface area contributed by atoms with Gasteiger partial charge in [0.25, 0.3) is 0 Å². The molecule has 4 heteroatoms. The van der Waals surface area contributed by atoms with E-state index in [1.807, 2.05) is 18.2 Å². The van der Waals surface area contributed by atoms with Crippen molar-refractivity contribution < 1.29 is 19.1 Å². The van der Waals surface area contributed by atoms with Crippen LogP contribution in [0.15, 0.2) is 36.5 Å². The summed E-state index contributed by atoms with van der Waals surface area (Å²) in [5.41, 5.74) is -0.314. The predicted molar refractivity (Wildman–Crippen MR) is 77.0 cm³/mol. The summed E-state index contributed by atoms with van der Waals surface area (Å²) in [4.78, 5) is 24.5. The Balaban J connectivity index is 3.06. The second-order valence-corrected chi connectivity index (χ2v) is 4.61. The molecule has 110 valence electrons. The summed E-state index contributed by atoms with van der Waals surface area (Å²) in [7, 11) is 0. The molecule has 1 aliphatic carbocycles. The Labute approximate surface area is 120 Å². The van der Waals surface area contributed by atoms with Crippen LogP contribution in [0, 0.1) is 5.41 Å². The number of esters is 2. The molecule has 0 bridgehead atoms. The fourth-order valence-corrected chi connectivity index (χ4v) is 2.20. The summed E-state index contributed by atoms with van der Waals surface area (Å²) < 4.78 is 10.2. The van der Waals surface area contributed by atoms with Crippen molar-refractivity contribution in [1.82, 2.24) is 0 Å². The minimum Gasteiger partial charge on any atom is -0.465 e. The minimum absolute atomic E-state index is 0.245. The molecule has 0 saturated carbocycles. The molecule has 4 nitrogen and oxygen atoms in total. The fraction of sp³-hybridized carbons (Fsp3) is 0.500. The molecule has 0 fully saturated rings. The molecule has 0 radical (unpaired) electrons. The Morgan fingerprint density at radius 1 is 1.30 bits per heavy atom. The van der Waals surface area contributed by atoms with Gasteiger partial charge in [0.2, 0.25) is 0 Å². The van der Waals surface area contributed by atoms with E-state index in [4.69, 9.17) is 9.47 Å². The first kappa shape index (κ1) is 16.2. The lowest BCUT2D eigenvalue weighted by atomic mass is 9.75. The van der Waals surface area contributed by atoms with Crippen molar-refractivity contribution in [3.05, 3.63) is 36.5 Å². The van der Waals surface area contributed by atoms with Gasteiger partial charge in [-0.15, -0.1) is 6.58 Å². The number of rotatable bonds is 6. The third-order valence-corrected chi connectivity index (χ3v) is 3.18. The number of carbonyl (C=O) groups excluding carboxylic acids is 2. The summed E-state index contributed by atoms with van der Waals surface area (Å²) in [6.07, 6.45) is 8.81. The highest BCUT2D eigenvalue weighted by molar-refractivity contribution is 6.01. The standard InChI is InChI=1S/C16H22O4/c1-4-7-9-13-10-8-11-16(12-13,14(17)19-5-2)15(18)20-6-3/h4,8-10H,1,5-7,11-12H2,2-3H3/b13-9+. The van der Waals surface area contributed by atoms with Crippen LogP contribution in [-0.4, -0.2) is 25.2 Å². The minimum atomic E-state index is -1.24. The first-order chi connectivity index (χ1) is 9.60. The van der Waals surface area contributed by atoms with Crippen molar-refractivity contribution in [2.24, 2.45) is 5.41 Å². The molecular formula is C16H22O4. The molecule has 0 aromatic heterocycles. The highest BCUT2D eigenvalue weighted by Gasteiger charge is 2.49. The maximum atomic E-state index is 12.3. The molecule has 1 rings (SSSR count). The van der Waals surface area contributed by atoms with E-state index in [2.05, 4.69) is 6.58 Å². The zero-order chi connectivity index (χ0) is 15.0. The van der Waals surface area contributed by atoms with E-state index in [-0.39, 0.29) is 13.2 Å². The van der Waals surface area contributed by atoms with Crippen LogP contribution in [0.1, 0.15) is 33.1 Å². The van der Waals surface area contributed by atoms with E-state index in [1.54, 1.807) is 19.9 Å². The Morgan fingerprint density at radius 3 is 2.40 bits per heavy atom.